The number of amides is 2. The minimum absolute atomic E-state index is 0.0573. The number of carbonyl (C=O) groups excluding carboxylic acids is 2. The number of aryl methyl sites for hydroxylation is 1. The van der Waals surface area contributed by atoms with E-state index in [9.17, 15) is 18.0 Å². The summed E-state index contributed by atoms with van der Waals surface area (Å²) >= 11 is 0. The van der Waals surface area contributed by atoms with Crippen molar-refractivity contribution in [2.45, 2.75) is 56.3 Å². The summed E-state index contributed by atoms with van der Waals surface area (Å²) in [6.45, 7) is 4.38. The van der Waals surface area contributed by atoms with Gasteiger partial charge >= 0.3 is 0 Å². The average Bonchev–Trinajstić information content (AvgIpc) is 2.82. The fourth-order valence-electron chi connectivity index (χ4n) is 4.64. The molecule has 2 aliphatic heterocycles. The number of nitrogens with zero attached hydrogens (tertiary/aromatic N) is 1. The largest absolute Gasteiger partial charge is 0.490 e. The molecule has 10 heteroatoms. The standard InChI is InChI=1S/C25H31N3O6S/c1-4-26-24(29)14-18-10-11-20-22(34-18)15-33-21-12-9-17(13-19(21)25(30)28(20)3)27-35(31,32)23-8-6-5-7-16(23)2/h5-9,12-13,18,20,22,27H,4,10-11,14-15H2,1-3H3,(H,26,29)/t18-,20-,22+/m0/s1. The van der Waals surface area contributed by atoms with Gasteiger partial charge in [0.2, 0.25) is 5.91 Å². The number of nitrogens with one attached hydrogen (secondary N) is 2. The Kier molecular flexibility index (Phi) is 7.32. The molecule has 2 aromatic carbocycles. The number of carbonyl (C=O) groups is 2. The van der Waals surface area contributed by atoms with Crippen molar-refractivity contribution in [3.05, 3.63) is 53.6 Å². The van der Waals surface area contributed by atoms with Gasteiger partial charge in [0, 0.05) is 19.3 Å². The summed E-state index contributed by atoms with van der Waals surface area (Å²) in [6.07, 6.45) is 1.00. The normalized spacial score (nSPS) is 22.2. The first-order chi connectivity index (χ1) is 16.7. The number of likely N-dealkylation sites (N-methyl/N-ethyl adjacent to an activating group) is 1. The van der Waals surface area contributed by atoms with E-state index in [1.165, 1.54) is 12.1 Å². The van der Waals surface area contributed by atoms with E-state index in [1.54, 1.807) is 49.2 Å². The number of sulfonamides is 1. The van der Waals surface area contributed by atoms with Gasteiger partial charge in [-0.3, -0.25) is 14.3 Å². The number of benzene rings is 2. The van der Waals surface area contributed by atoms with E-state index in [2.05, 4.69) is 10.0 Å². The molecule has 1 fully saturated rings. The smallest absolute Gasteiger partial charge is 0.262 e. The van der Waals surface area contributed by atoms with Crippen molar-refractivity contribution in [2.75, 3.05) is 24.9 Å². The zero-order chi connectivity index (χ0) is 25.2. The Hall–Kier alpha value is -3.11. The summed E-state index contributed by atoms with van der Waals surface area (Å²) in [6, 6.07) is 11.2. The van der Waals surface area contributed by atoms with E-state index in [0.717, 1.165) is 0 Å². The van der Waals surface area contributed by atoms with E-state index in [1.807, 2.05) is 6.92 Å². The van der Waals surface area contributed by atoms with Gasteiger partial charge in [-0.15, -0.1) is 0 Å². The third-order valence-corrected chi connectivity index (χ3v) is 7.98. The van der Waals surface area contributed by atoms with Crippen LogP contribution in [-0.4, -0.2) is 63.6 Å². The highest BCUT2D eigenvalue weighted by molar-refractivity contribution is 7.92. The first-order valence-electron chi connectivity index (χ1n) is 11.7. The van der Waals surface area contributed by atoms with Crippen LogP contribution in [0.1, 0.15) is 42.1 Å². The third kappa shape index (κ3) is 5.43. The highest BCUT2D eigenvalue weighted by atomic mass is 32.2. The van der Waals surface area contributed by atoms with Gasteiger partial charge in [0.15, 0.2) is 0 Å². The maximum Gasteiger partial charge on any atom is 0.262 e. The highest BCUT2D eigenvalue weighted by Gasteiger charge is 2.39. The Bertz CT molecular complexity index is 1220. The van der Waals surface area contributed by atoms with Crippen molar-refractivity contribution in [3.63, 3.8) is 0 Å². The molecular formula is C25H31N3O6S. The molecule has 3 atom stereocenters. The molecule has 0 spiro atoms. The molecule has 9 nitrogen and oxygen atoms in total. The highest BCUT2D eigenvalue weighted by Crippen LogP contribution is 2.33. The Morgan fingerprint density at radius 2 is 1.94 bits per heavy atom. The molecule has 2 aliphatic rings. The van der Waals surface area contributed by atoms with Crippen LogP contribution in [0.25, 0.3) is 0 Å². The molecule has 0 radical (unpaired) electrons. The van der Waals surface area contributed by atoms with Crippen LogP contribution < -0.4 is 14.8 Å². The summed E-state index contributed by atoms with van der Waals surface area (Å²) in [5.41, 5.74) is 1.18. The number of fused-ring (bicyclic) bond motifs is 2. The monoisotopic (exact) mass is 501 g/mol. The van der Waals surface area contributed by atoms with Crippen molar-refractivity contribution in [3.8, 4) is 5.75 Å². The van der Waals surface area contributed by atoms with E-state index >= 15 is 0 Å². The lowest BCUT2D eigenvalue weighted by molar-refractivity contribution is -0.133. The number of hydrogen-bond donors (Lipinski definition) is 2. The second kappa shape index (κ2) is 10.2. The summed E-state index contributed by atoms with van der Waals surface area (Å²) in [5, 5.41) is 2.79. The van der Waals surface area contributed by atoms with E-state index in [4.69, 9.17) is 9.47 Å². The molecule has 2 amide bonds. The first kappa shape index (κ1) is 25.0. The molecular weight excluding hydrogens is 470 g/mol. The van der Waals surface area contributed by atoms with Gasteiger partial charge in [0.25, 0.3) is 15.9 Å². The van der Waals surface area contributed by atoms with Crippen LogP contribution in [0.2, 0.25) is 0 Å². The molecule has 188 valence electrons. The molecule has 35 heavy (non-hydrogen) atoms. The zero-order valence-electron chi connectivity index (χ0n) is 20.1. The van der Waals surface area contributed by atoms with Crippen LogP contribution in [0.3, 0.4) is 0 Å². The molecule has 0 aromatic heterocycles. The fourth-order valence-corrected chi connectivity index (χ4v) is 5.93. The van der Waals surface area contributed by atoms with Crippen LogP contribution in [0.4, 0.5) is 5.69 Å². The van der Waals surface area contributed by atoms with Crippen molar-refractivity contribution in [1.82, 2.24) is 10.2 Å². The van der Waals surface area contributed by atoms with Crippen LogP contribution in [0.5, 0.6) is 5.75 Å². The second-order valence-corrected chi connectivity index (χ2v) is 10.6. The lowest BCUT2D eigenvalue weighted by atomic mass is 9.94. The van der Waals surface area contributed by atoms with Crippen molar-refractivity contribution < 1.29 is 27.5 Å². The van der Waals surface area contributed by atoms with Gasteiger partial charge in [0.1, 0.15) is 18.5 Å². The van der Waals surface area contributed by atoms with Crippen molar-refractivity contribution in [2.24, 2.45) is 0 Å². The predicted molar refractivity (Wildman–Crippen MR) is 131 cm³/mol. The Morgan fingerprint density at radius 3 is 2.69 bits per heavy atom. The second-order valence-electron chi connectivity index (χ2n) is 8.91. The maximum atomic E-state index is 13.4. The minimum atomic E-state index is -3.83. The Morgan fingerprint density at radius 1 is 1.17 bits per heavy atom. The van der Waals surface area contributed by atoms with Gasteiger partial charge in [-0.05, 0) is 56.5 Å². The number of hydrogen-bond acceptors (Lipinski definition) is 6. The van der Waals surface area contributed by atoms with E-state index < -0.39 is 10.0 Å². The van der Waals surface area contributed by atoms with Crippen LogP contribution in [-0.2, 0) is 19.6 Å². The Balaban J connectivity index is 1.54. The first-order valence-corrected chi connectivity index (χ1v) is 13.2. The molecule has 0 bridgehead atoms. The third-order valence-electron chi connectivity index (χ3n) is 6.43. The molecule has 0 unspecified atom stereocenters. The SMILES string of the molecule is CCNC(=O)C[C@@H]1CC[C@H]2[C@@H](COc3ccc(NS(=O)(=O)c4ccccc4C)cc3C(=O)N2C)O1. The molecule has 2 heterocycles. The molecule has 0 saturated carbocycles. The lowest BCUT2D eigenvalue weighted by Crippen LogP contribution is -2.54. The van der Waals surface area contributed by atoms with Gasteiger partial charge in [-0.2, -0.15) is 0 Å². The average molecular weight is 502 g/mol. The summed E-state index contributed by atoms with van der Waals surface area (Å²) in [5.74, 6) is 0.0178. The summed E-state index contributed by atoms with van der Waals surface area (Å²) < 4.78 is 40.5. The van der Waals surface area contributed by atoms with E-state index in [-0.39, 0.29) is 59.2 Å². The van der Waals surface area contributed by atoms with Gasteiger partial charge < -0.3 is 19.7 Å². The number of ether oxygens (including phenoxy) is 2. The quantitative estimate of drug-likeness (QED) is 0.629. The van der Waals surface area contributed by atoms with Gasteiger partial charge in [-0.25, -0.2) is 8.42 Å². The van der Waals surface area contributed by atoms with Crippen LogP contribution in [0, 0.1) is 6.92 Å². The predicted octanol–water partition coefficient (Wildman–Crippen LogP) is 2.70. The lowest BCUT2D eigenvalue weighted by Gasteiger charge is -2.42. The number of anilines is 1. The van der Waals surface area contributed by atoms with Crippen molar-refractivity contribution in [1.29, 1.82) is 0 Å². The molecule has 4 rings (SSSR count). The molecule has 1 saturated heterocycles. The van der Waals surface area contributed by atoms with Crippen molar-refractivity contribution >= 4 is 27.5 Å². The molecule has 2 aromatic rings. The fraction of sp³-hybridized carbons (Fsp3) is 0.440. The van der Waals surface area contributed by atoms with E-state index in [0.29, 0.717) is 30.7 Å². The van der Waals surface area contributed by atoms with Gasteiger partial charge in [-0.1, -0.05) is 18.2 Å². The maximum absolute atomic E-state index is 13.4. The molecule has 0 aliphatic carbocycles. The molecule has 2 N–H and O–H groups in total. The summed E-state index contributed by atoms with van der Waals surface area (Å²) in [7, 11) is -2.11. The zero-order valence-corrected chi connectivity index (χ0v) is 20.9. The van der Waals surface area contributed by atoms with Crippen LogP contribution >= 0.6 is 0 Å². The summed E-state index contributed by atoms with van der Waals surface area (Å²) in [4.78, 5) is 27.2. The Labute approximate surface area is 205 Å². The van der Waals surface area contributed by atoms with Gasteiger partial charge in [0.05, 0.1) is 29.0 Å². The minimum Gasteiger partial charge on any atom is -0.490 e. The topological polar surface area (TPSA) is 114 Å². The van der Waals surface area contributed by atoms with Crippen LogP contribution in [0.15, 0.2) is 47.4 Å². The number of rotatable bonds is 6.